The minimum Gasteiger partial charge on any atom is -0.496 e. The van der Waals surface area contributed by atoms with E-state index in [1.165, 1.54) is 32.2 Å². The van der Waals surface area contributed by atoms with Crippen molar-refractivity contribution in [1.82, 2.24) is 0 Å². The molecule has 2 nitrogen and oxygen atoms in total. The third kappa shape index (κ3) is 3.49. The predicted octanol–water partition coefficient (Wildman–Crippen LogP) is 3.02. The maximum Gasteiger partial charge on any atom is 0.416 e. The second kappa shape index (κ2) is 5.23. The highest BCUT2D eigenvalue weighted by molar-refractivity contribution is 5.74. The van der Waals surface area contributed by atoms with Gasteiger partial charge in [-0.25, -0.2) is 0 Å². The predicted molar refractivity (Wildman–Crippen MR) is 58.7 cm³/mol. The van der Waals surface area contributed by atoms with Crippen LogP contribution in [0.2, 0.25) is 0 Å². The molecule has 1 N–H and O–H groups in total. The number of benzene rings is 1. The highest BCUT2D eigenvalue weighted by atomic mass is 19.4. The Labute approximate surface area is 97.3 Å². The van der Waals surface area contributed by atoms with Crippen LogP contribution in [-0.2, 0) is 0 Å². The highest BCUT2D eigenvalue weighted by Gasteiger charge is 2.36. The van der Waals surface area contributed by atoms with Gasteiger partial charge < -0.3 is 9.84 Å². The molecule has 1 rings (SSSR count). The molecule has 0 aliphatic heterocycles. The van der Waals surface area contributed by atoms with Crippen LogP contribution in [0.3, 0.4) is 0 Å². The molecule has 1 unspecified atom stereocenters. The lowest BCUT2D eigenvalue weighted by Crippen LogP contribution is -2.14. The zero-order valence-electron chi connectivity index (χ0n) is 9.45. The van der Waals surface area contributed by atoms with E-state index in [2.05, 4.69) is 0 Å². The summed E-state index contributed by atoms with van der Waals surface area (Å²) >= 11 is 0. The van der Waals surface area contributed by atoms with Crippen LogP contribution in [0.4, 0.5) is 13.2 Å². The molecular weight excluding hydrogens is 233 g/mol. The Hall–Kier alpha value is -1.49. The smallest absolute Gasteiger partial charge is 0.416 e. The van der Waals surface area contributed by atoms with Gasteiger partial charge in [0, 0.05) is 5.56 Å². The molecule has 0 spiro atoms. The summed E-state index contributed by atoms with van der Waals surface area (Å²) in [5.74, 6) is 0.122. The van der Waals surface area contributed by atoms with Gasteiger partial charge in [0.1, 0.15) is 5.75 Å². The number of halogens is 3. The van der Waals surface area contributed by atoms with Gasteiger partial charge in [-0.05, 0) is 19.1 Å². The molecule has 1 atom stereocenters. The lowest BCUT2D eigenvalue weighted by atomic mass is 10.0. The molecule has 1 aromatic rings. The van der Waals surface area contributed by atoms with Crippen molar-refractivity contribution in [3.63, 3.8) is 0 Å². The monoisotopic (exact) mass is 246 g/mol. The Morgan fingerprint density at radius 2 is 1.94 bits per heavy atom. The van der Waals surface area contributed by atoms with Gasteiger partial charge in [-0.15, -0.1) is 0 Å². The zero-order chi connectivity index (χ0) is 13.1. The number of alkyl halides is 3. The van der Waals surface area contributed by atoms with Gasteiger partial charge in [0.15, 0.2) is 0 Å². The Morgan fingerprint density at radius 3 is 2.41 bits per heavy atom. The van der Waals surface area contributed by atoms with Gasteiger partial charge in [0.2, 0.25) is 0 Å². The summed E-state index contributed by atoms with van der Waals surface area (Å²) in [5.41, 5.74) is -0.978. The highest BCUT2D eigenvalue weighted by Crippen LogP contribution is 2.38. The van der Waals surface area contributed by atoms with Crippen LogP contribution in [0.5, 0.6) is 5.75 Å². The third-order valence-electron chi connectivity index (χ3n) is 2.11. The number of allylic oxidation sites excluding steroid dienone is 1. The Morgan fingerprint density at radius 1 is 1.35 bits per heavy atom. The van der Waals surface area contributed by atoms with E-state index < -0.39 is 17.9 Å². The molecule has 0 aliphatic rings. The lowest BCUT2D eigenvalue weighted by Gasteiger charge is -2.15. The van der Waals surface area contributed by atoms with E-state index in [0.717, 1.165) is 6.08 Å². The molecule has 0 saturated carbocycles. The zero-order valence-corrected chi connectivity index (χ0v) is 9.45. The van der Waals surface area contributed by atoms with Crippen LogP contribution in [0.1, 0.15) is 12.5 Å². The fourth-order valence-electron chi connectivity index (χ4n) is 1.45. The molecule has 0 aliphatic carbocycles. The Bertz CT molecular complexity index is 408. The second-order valence-corrected chi connectivity index (χ2v) is 3.52. The molecule has 0 fully saturated rings. The summed E-state index contributed by atoms with van der Waals surface area (Å²) in [6, 6.07) is 5.82. The minimum absolute atomic E-state index is 0.0802. The van der Waals surface area contributed by atoms with Crippen molar-refractivity contribution in [3.8, 4) is 5.75 Å². The molecule has 0 aromatic heterocycles. The molecule has 94 valence electrons. The first-order valence-corrected chi connectivity index (χ1v) is 4.96. The van der Waals surface area contributed by atoms with E-state index in [4.69, 9.17) is 9.84 Å². The number of aliphatic hydroxyl groups excluding tert-OH is 1. The van der Waals surface area contributed by atoms with E-state index in [0.29, 0.717) is 0 Å². The standard InChI is InChI=1S/C12H13F3O2/c1-8(16)7-10(12(13,14)15)9-5-3-4-6-11(9)17-2/h3-8,16H,1-2H3/b10-7+. The third-order valence-corrected chi connectivity index (χ3v) is 2.11. The fourth-order valence-corrected chi connectivity index (χ4v) is 1.45. The number of methoxy groups -OCH3 is 1. The molecule has 1 aromatic carbocycles. The summed E-state index contributed by atoms with van der Waals surface area (Å²) < 4.78 is 43.4. The SMILES string of the molecule is COc1ccccc1/C(=C\C(C)O)C(F)(F)F. The van der Waals surface area contributed by atoms with Crippen molar-refractivity contribution >= 4 is 5.57 Å². The molecule has 17 heavy (non-hydrogen) atoms. The maximum atomic E-state index is 12.8. The molecule has 0 bridgehead atoms. The van der Waals surface area contributed by atoms with Crippen LogP contribution < -0.4 is 4.74 Å². The van der Waals surface area contributed by atoms with Gasteiger partial charge in [0.25, 0.3) is 0 Å². The van der Waals surface area contributed by atoms with Gasteiger partial charge in [-0.1, -0.05) is 18.2 Å². The first-order chi connectivity index (χ1) is 7.86. The largest absolute Gasteiger partial charge is 0.496 e. The van der Waals surface area contributed by atoms with Gasteiger partial charge in [-0.2, -0.15) is 13.2 Å². The minimum atomic E-state index is -4.54. The number of ether oxygens (including phenoxy) is 1. The summed E-state index contributed by atoms with van der Waals surface area (Å²) in [7, 11) is 1.30. The quantitative estimate of drug-likeness (QED) is 0.888. The molecule has 0 amide bonds. The molecule has 5 heteroatoms. The topological polar surface area (TPSA) is 29.5 Å². The molecule has 0 radical (unpaired) electrons. The number of hydrogen-bond donors (Lipinski definition) is 1. The normalized spacial score (nSPS) is 14.6. The summed E-state index contributed by atoms with van der Waals surface area (Å²) in [6.45, 7) is 1.27. The Balaban J connectivity index is 3.33. The first-order valence-electron chi connectivity index (χ1n) is 4.96. The summed E-state index contributed by atoms with van der Waals surface area (Å²) in [4.78, 5) is 0. The average Bonchev–Trinajstić information content (AvgIpc) is 2.24. The Kier molecular flexibility index (Phi) is 4.17. The van der Waals surface area contributed by atoms with E-state index in [9.17, 15) is 13.2 Å². The van der Waals surface area contributed by atoms with Crippen molar-refractivity contribution in [2.45, 2.75) is 19.2 Å². The van der Waals surface area contributed by atoms with Gasteiger partial charge in [0.05, 0.1) is 18.8 Å². The van der Waals surface area contributed by atoms with Crippen LogP contribution in [0, 0.1) is 0 Å². The lowest BCUT2D eigenvalue weighted by molar-refractivity contribution is -0.0695. The van der Waals surface area contributed by atoms with Gasteiger partial charge >= 0.3 is 6.18 Å². The fraction of sp³-hybridized carbons (Fsp3) is 0.333. The second-order valence-electron chi connectivity index (χ2n) is 3.52. The maximum absolute atomic E-state index is 12.8. The van der Waals surface area contributed by atoms with Crippen molar-refractivity contribution in [3.05, 3.63) is 35.9 Å². The van der Waals surface area contributed by atoms with Crippen LogP contribution >= 0.6 is 0 Å². The van der Waals surface area contributed by atoms with Crippen molar-refractivity contribution < 1.29 is 23.0 Å². The summed E-state index contributed by atoms with van der Waals surface area (Å²) in [6.07, 6.45) is -4.96. The van der Waals surface area contributed by atoms with E-state index >= 15 is 0 Å². The van der Waals surface area contributed by atoms with E-state index in [1.54, 1.807) is 6.07 Å². The van der Waals surface area contributed by atoms with Crippen LogP contribution in [0.25, 0.3) is 5.57 Å². The van der Waals surface area contributed by atoms with Crippen molar-refractivity contribution in [1.29, 1.82) is 0 Å². The number of hydrogen-bond acceptors (Lipinski definition) is 2. The number of para-hydroxylation sites is 1. The van der Waals surface area contributed by atoms with Crippen LogP contribution in [0.15, 0.2) is 30.3 Å². The average molecular weight is 246 g/mol. The van der Waals surface area contributed by atoms with E-state index in [-0.39, 0.29) is 11.3 Å². The number of aliphatic hydroxyl groups is 1. The van der Waals surface area contributed by atoms with Crippen LogP contribution in [-0.4, -0.2) is 24.5 Å². The van der Waals surface area contributed by atoms with Gasteiger partial charge in [-0.3, -0.25) is 0 Å². The molecule has 0 saturated heterocycles. The first kappa shape index (κ1) is 13.6. The van der Waals surface area contributed by atoms with Crippen molar-refractivity contribution in [2.24, 2.45) is 0 Å². The van der Waals surface area contributed by atoms with E-state index in [1.807, 2.05) is 0 Å². The summed E-state index contributed by atoms with van der Waals surface area (Å²) in [5, 5.41) is 9.09. The molecule has 0 heterocycles. The van der Waals surface area contributed by atoms with Crippen molar-refractivity contribution in [2.75, 3.05) is 7.11 Å². The molecular formula is C12H13F3O2. The number of rotatable bonds is 3.